The van der Waals surface area contributed by atoms with Crippen LogP contribution in [0.3, 0.4) is 0 Å². The highest BCUT2D eigenvalue weighted by molar-refractivity contribution is 5.77. The zero-order chi connectivity index (χ0) is 13.7. The molecular formula is C18H21N. The largest absolute Gasteiger partial charge is 0.253 e. The summed E-state index contributed by atoms with van der Waals surface area (Å²) in [5, 5.41) is 1.16. The Morgan fingerprint density at radius 3 is 2.11 bits per heavy atom. The summed E-state index contributed by atoms with van der Waals surface area (Å²) in [6.07, 6.45) is 0.994. The van der Waals surface area contributed by atoms with Crippen molar-refractivity contribution in [2.24, 2.45) is 5.41 Å². The molecule has 0 saturated carbocycles. The lowest BCUT2D eigenvalue weighted by Gasteiger charge is -2.17. The van der Waals surface area contributed by atoms with Crippen LogP contribution in [0.15, 0.2) is 60.7 Å². The molecule has 1 nitrogen and oxygen atoms in total. The molecule has 1 aromatic heterocycles. The number of aromatic nitrogens is 1. The van der Waals surface area contributed by atoms with E-state index in [4.69, 9.17) is 4.98 Å². The Balaban J connectivity index is 2.53. The van der Waals surface area contributed by atoms with E-state index in [1.165, 1.54) is 0 Å². The normalized spacial score (nSPS) is 11.1. The number of rotatable bonds is 1. The van der Waals surface area contributed by atoms with E-state index in [1.807, 2.05) is 36.4 Å². The summed E-state index contributed by atoms with van der Waals surface area (Å²) in [6.45, 7) is 6.72. The van der Waals surface area contributed by atoms with Gasteiger partial charge in [-0.25, -0.2) is 0 Å². The van der Waals surface area contributed by atoms with Gasteiger partial charge in [0.1, 0.15) is 0 Å². The molecule has 19 heavy (non-hydrogen) atoms. The predicted octanol–water partition coefficient (Wildman–Crippen LogP) is 4.95. The smallest absolute Gasteiger partial charge is 0.0705 e. The molecule has 0 aliphatic heterocycles. The highest BCUT2D eigenvalue weighted by atomic mass is 14.7. The Morgan fingerprint density at radius 1 is 0.789 bits per heavy atom. The quantitative estimate of drug-likeness (QED) is 0.699. The average Bonchev–Trinajstić information content (AvgIpc) is 2.33. The molecule has 0 bridgehead atoms. The highest BCUT2D eigenvalue weighted by Gasteiger charge is 2.12. The summed E-state index contributed by atoms with van der Waals surface area (Å²) in [6, 6.07) is 20.6. The molecule has 0 atom stereocenters. The van der Waals surface area contributed by atoms with Gasteiger partial charge < -0.3 is 0 Å². The first-order valence-corrected chi connectivity index (χ1v) is 6.73. The number of hydrogen-bond acceptors (Lipinski definition) is 1. The van der Waals surface area contributed by atoms with Crippen LogP contribution in [0.25, 0.3) is 10.9 Å². The number of nitrogens with zero attached hydrogens (tertiary/aromatic N) is 1. The Hall–Kier alpha value is -1.89. The molecule has 0 N–H and O–H groups in total. The summed E-state index contributed by atoms with van der Waals surface area (Å²) < 4.78 is 0. The van der Waals surface area contributed by atoms with Crippen LogP contribution in [-0.4, -0.2) is 4.98 Å². The van der Waals surface area contributed by atoms with E-state index in [1.54, 1.807) is 0 Å². The molecule has 1 aromatic carbocycles. The maximum Gasteiger partial charge on any atom is 0.0705 e. The fourth-order valence-electron chi connectivity index (χ4n) is 2.01. The van der Waals surface area contributed by atoms with Crippen molar-refractivity contribution in [1.29, 1.82) is 0 Å². The zero-order valence-corrected chi connectivity index (χ0v) is 11.9. The van der Waals surface area contributed by atoms with Gasteiger partial charge in [-0.15, -0.1) is 0 Å². The first-order chi connectivity index (χ1) is 9.04. The van der Waals surface area contributed by atoms with Crippen molar-refractivity contribution in [2.45, 2.75) is 27.2 Å². The van der Waals surface area contributed by atoms with E-state index < -0.39 is 0 Å². The van der Waals surface area contributed by atoms with Gasteiger partial charge in [0, 0.05) is 11.1 Å². The molecule has 0 fully saturated rings. The van der Waals surface area contributed by atoms with Gasteiger partial charge in [-0.05, 0) is 24.0 Å². The molecular weight excluding hydrogens is 230 g/mol. The predicted molar refractivity (Wildman–Crippen MR) is 82.5 cm³/mol. The summed E-state index contributed by atoms with van der Waals surface area (Å²) >= 11 is 0. The fraction of sp³-hybridized carbons (Fsp3) is 0.278. The second-order valence-corrected chi connectivity index (χ2v) is 6.00. The molecule has 0 aliphatic carbocycles. The maximum atomic E-state index is 4.78. The highest BCUT2D eigenvalue weighted by Crippen LogP contribution is 2.20. The first-order valence-electron chi connectivity index (χ1n) is 6.73. The average molecular weight is 251 g/mol. The molecule has 98 valence electrons. The van der Waals surface area contributed by atoms with Crippen molar-refractivity contribution >= 4 is 10.9 Å². The molecule has 0 saturated heterocycles. The lowest BCUT2D eigenvalue weighted by atomic mass is 9.90. The molecule has 1 heterocycles. The molecule has 0 aliphatic rings. The monoisotopic (exact) mass is 251 g/mol. The van der Waals surface area contributed by atoms with Crippen molar-refractivity contribution in [2.75, 3.05) is 0 Å². The third kappa shape index (κ3) is 4.36. The van der Waals surface area contributed by atoms with E-state index in [-0.39, 0.29) is 5.41 Å². The first kappa shape index (κ1) is 13.5. The van der Waals surface area contributed by atoms with Crippen LogP contribution in [0.2, 0.25) is 0 Å². The summed E-state index contributed by atoms with van der Waals surface area (Å²) in [5.74, 6) is 0. The van der Waals surface area contributed by atoms with Gasteiger partial charge >= 0.3 is 0 Å². The summed E-state index contributed by atoms with van der Waals surface area (Å²) in [7, 11) is 0. The molecule has 2 aromatic rings. The minimum atomic E-state index is 0.263. The fourth-order valence-corrected chi connectivity index (χ4v) is 2.01. The van der Waals surface area contributed by atoms with E-state index in [2.05, 4.69) is 45.0 Å². The second kappa shape index (κ2) is 5.83. The van der Waals surface area contributed by atoms with Crippen molar-refractivity contribution in [1.82, 2.24) is 4.98 Å². The van der Waals surface area contributed by atoms with Crippen LogP contribution < -0.4 is 0 Å². The minimum Gasteiger partial charge on any atom is -0.253 e. The topological polar surface area (TPSA) is 12.9 Å². The van der Waals surface area contributed by atoms with E-state index >= 15 is 0 Å². The number of fused-ring (bicyclic) bond motifs is 1. The van der Waals surface area contributed by atoms with Crippen LogP contribution in [-0.2, 0) is 6.42 Å². The van der Waals surface area contributed by atoms with Gasteiger partial charge in [-0.1, -0.05) is 69.3 Å². The lowest BCUT2D eigenvalue weighted by molar-refractivity contribution is 0.407. The van der Waals surface area contributed by atoms with Gasteiger partial charge in [-0.3, -0.25) is 4.98 Å². The Labute approximate surface area is 115 Å². The molecule has 0 amide bonds. The van der Waals surface area contributed by atoms with E-state index in [0.717, 1.165) is 23.0 Å². The number of pyridine rings is 1. The van der Waals surface area contributed by atoms with E-state index in [9.17, 15) is 0 Å². The van der Waals surface area contributed by atoms with Crippen molar-refractivity contribution in [3.8, 4) is 0 Å². The summed E-state index contributed by atoms with van der Waals surface area (Å²) in [4.78, 5) is 4.78. The van der Waals surface area contributed by atoms with Crippen molar-refractivity contribution in [3.63, 3.8) is 0 Å². The van der Waals surface area contributed by atoms with Crippen LogP contribution in [0.1, 0.15) is 26.5 Å². The van der Waals surface area contributed by atoms with Crippen molar-refractivity contribution < 1.29 is 0 Å². The minimum absolute atomic E-state index is 0.263. The van der Waals surface area contributed by atoms with Gasteiger partial charge in [-0.2, -0.15) is 0 Å². The lowest BCUT2D eigenvalue weighted by Crippen LogP contribution is -2.10. The zero-order valence-electron chi connectivity index (χ0n) is 11.9. The third-order valence-electron chi connectivity index (χ3n) is 2.81. The van der Waals surface area contributed by atoms with Gasteiger partial charge in [0.2, 0.25) is 0 Å². The van der Waals surface area contributed by atoms with Crippen LogP contribution >= 0.6 is 0 Å². The van der Waals surface area contributed by atoms with Crippen molar-refractivity contribution in [3.05, 3.63) is 66.4 Å². The van der Waals surface area contributed by atoms with Crippen LogP contribution in [0, 0.1) is 5.41 Å². The molecule has 0 unspecified atom stereocenters. The Bertz CT molecular complexity index is 607. The Kier molecular flexibility index (Phi) is 4.16. The summed E-state index contributed by atoms with van der Waals surface area (Å²) in [5.41, 5.74) is 2.46. The molecule has 2 rings (SSSR count). The molecule has 1 heteroatoms. The second-order valence-electron chi connectivity index (χ2n) is 6.00. The standard InChI is InChI=1S/C18H21N/c1-18(2,3)14-16-13-12-15-10-8-6-4-5-7-9-11-17(15)19-16/h4-13H,14H2,1-3H3. The van der Waals surface area contributed by atoms with E-state index in [0.29, 0.717) is 0 Å². The SMILES string of the molecule is CC(C)(C)Cc1ccc2ccccccccc2n1. The van der Waals surface area contributed by atoms with Gasteiger partial charge in [0.05, 0.1) is 5.52 Å². The van der Waals surface area contributed by atoms with Crippen LogP contribution in [0.4, 0.5) is 0 Å². The van der Waals surface area contributed by atoms with Gasteiger partial charge in [0.15, 0.2) is 0 Å². The molecule has 0 spiro atoms. The number of hydrogen-bond donors (Lipinski definition) is 0. The molecule has 0 radical (unpaired) electrons. The Morgan fingerprint density at radius 2 is 1.42 bits per heavy atom. The maximum absolute atomic E-state index is 4.78. The third-order valence-corrected chi connectivity index (χ3v) is 2.81. The van der Waals surface area contributed by atoms with Gasteiger partial charge in [0.25, 0.3) is 0 Å². The van der Waals surface area contributed by atoms with Crippen LogP contribution in [0.5, 0.6) is 0 Å².